The van der Waals surface area contributed by atoms with Gasteiger partial charge in [0.1, 0.15) is 5.78 Å². The molecule has 0 bridgehead atoms. The third-order valence-electron chi connectivity index (χ3n) is 3.93. The summed E-state index contributed by atoms with van der Waals surface area (Å²) in [6, 6.07) is 9.98. The molecule has 3 nitrogen and oxygen atoms in total. The Morgan fingerprint density at radius 1 is 1.37 bits per heavy atom. The van der Waals surface area contributed by atoms with Crippen molar-refractivity contribution in [2.24, 2.45) is 5.92 Å². The summed E-state index contributed by atoms with van der Waals surface area (Å²) in [5, 5.41) is 0. The zero-order valence-electron chi connectivity index (χ0n) is 11.3. The molecule has 1 aromatic rings. The summed E-state index contributed by atoms with van der Waals surface area (Å²) >= 11 is 0. The first-order valence-corrected chi connectivity index (χ1v) is 6.84. The average molecular weight is 260 g/mol. The molecule has 0 aliphatic heterocycles. The van der Waals surface area contributed by atoms with Gasteiger partial charge in [0.25, 0.3) is 0 Å². The van der Waals surface area contributed by atoms with Crippen molar-refractivity contribution in [2.75, 3.05) is 7.11 Å². The van der Waals surface area contributed by atoms with E-state index >= 15 is 0 Å². The van der Waals surface area contributed by atoms with Gasteiger partial charge >= 0.3 is 5.97 Å². The van der Waals surface area contributed by atoms with Gasteiger partial charge in [-0.15, -0.1) is 0 Å². The fraction of sp³-hybridized carbons (Fsp3) is 0.500. The van der Waals surface area contributed by atoms with Gasteiger partial charge in [-0.05, 0) is 30.2 Å². The number of rotatable bonds is 4. The predicted molar refractivity (Wildman–Crippen MR) is 72.8 cm³/mol. The van der Waals surface area contributed by atoms with E-state index in [2.05, 4.69) is 0 Å². The number of carbonyl (C=O) groups excluding carboxylic acids is 2. The van der Waals surface area contributed by atoms with Crippen molar-refractivity contribution < 1.29 is 14.3 Å². The van der Waals surface area contributed by atoms with E-state index in [4.69, 9.17) is 4.74 Å². The lowest BCUT2D eigenvalue weighted by Gasteiger charge is -2.29. The largest absolute Gasteiger partial charge is 0.469 e. The molecule has 0 amide bonds. The van der Waals surface area contributed by atoms with E-state index < -0.39 is 0 Å². The topological polar surface area (TPSA) is 43.4 Å². The lowest BCUT2D eigenvalue weighted by molar-refractivity contribution is -0.141. The SMILES string of the molecule is COC(=O)CC(c1ccccc1)C1CCCC(=O)C1. The van der Waals surface area contributed by atoms with E-state index in [0.717, 1.165) is 18.4 Å². The Bertz CT molecular complexity index is 439. The number of Topliss-reactive ketones (excluding diaryl/α,β-unsaturated/α-hetero) is 1. The smallest absolute Gasteiger partial charge is 0.306 e. The number of carbonyl (C=O) groups is 2. The highest BCUT2D eigenvalue weighted by Crippen LogP contribution is 2.37. The van der Waals surface area contributed by atoms with Crippen LogP contribution in [-0.2, 0) is 14.3 Å². The van der Waals surface area contributed by atoms with Gasteiger partial charge in [-0.2, -0.15) is 0 Å². The zero-order chi connectivity index (χ0) is 13.7. The van der Waals surface area contributed by atoms with Gasteiger partial charge in [-0.3, -0.25) is 9.59 Å². The van der Waals surface area contributed by atoms with E-state index in [0.29, 0.717) is 25.0 Å². The van der Waals surface area contributed by atoms with Gasteiger partial charge in [0.05, 0.1) is 13.5 Å². The van der Waals surface area contributed by atoms with E-state index in [1.54, 1.807) is 0 Å². The van der Waals surface area contributed by atoms with Gasteiger partial charge in [0.2, 0.25) is 0 Å². The number of hydrogen-bond donors (Lipinski definition) is 0. The molecule has 0 heterocycles. The zero-order valence-corrected chi connectivity index (χ0v) is 11.3. The maximum Gasteiger partial charge on any atom is 0.306 e. The summed E-state index contributed by atoms with van der Waals surface area (Å²) in [4.78, 5) is 23.3. The van der Waals surface area contributed by atoms with E-state index in [9.17, 15) is 9.59 Å². The summed E-state index contributed by atoms with van der Waals surface area (Å²) in [6.07, 6.45) is 3.60. The fourth-order valence-corrected chi connectivity index (χ4v) is 2.92. The molecular weight excluding hydrogens is 240 g/mol. The molecule has 1 aliphatic rings. The van der Waals surface area contributed by atoms with Crippen LogP contribution < -0.4 is 0 Å². The van der Waals surface area contributed by atoms with E-state index in [1.807, 2.05) is 30.3 Å². The minimum atomic E-state index is -0.202. The normalized spacial score (nSPS) is 20.9. The molecule has 2 atom stereocenters. The second-order valence-electron chi connectivity index (χ2n) is 5.19. The van der Waals surface area contributed by atoms with Gasteiger partial charge in [0, 0.05) is 12.8 Å². The van der Waals surface area contributed by atoms with Crippen molar-refractivity contribution in [1.82, 2.24) is 0 Å². The molecule has 0 aromatic heterocycles. The molecule has 1 fully saturated rings. The Labute approximate surface area is 114 Å². The van der Waals surface area contributed by atoms with Crippen LogP contribution in [0.15, 0.2) is 30.3 Å². The molecule has 2 rings (SSSR count). The van der Waals surface area contributed by atoms with Crippen molar-refractivity contribution >= 4 is 11.8 Å². The summed E-state index contributed by atoms with van der Waals surface area (Å²) < 4.78 is 4.80. The van der Waals surface area contributed by atoms with Crippen LogP contribution in [0.5, 0.6) is 0 Å². The van der Waals surface area contributed by atoms with Crippen LogP contribution in [0.3, 0.4) is 0 Å². The Morgan fingerprint density at radius 3 is 2.74 bits per heavy atom. The molecule has 2 unspecified atom stereocenters. The van der Waals surface area contributed by atoms with Crippen molar-refractivity contribution in [2.45, 2.75) is 38.0 Å². The molecule has 102 valence electrons. The highest BCUT2D eigenvalue weighted by molar-refractivity contribution is 5.79. The molecule has 1 aromatic carbocycles. The lowest BCUT2D eigenvalue weighted by atomic mass is 9.75. The third-order valence-corrected chi connectivity index (χ3v) is 3.93. The predicted octanol–water partition coefficient (Wildman–Crippen LogP) is 3.09. The maximum absolute atomic E-state index is 11.6. The molecule has 0 spiro atoms. The Hall–Kier alpha value is -1.64. The standard InChI is InChI=1S/C16H20O3/c1-19-16(18)11-15(12-6-3-2-4-7-12)13-8-5-9-14(17)10-13/h2-4,6-7,13,15H,5,8-11H2,1H3. The lowest BCUT2D eigenvalue weighted by Crippen LogP contribution is -2.24. The number of hydrogen-bond acceptors (Lipinski definition) is 3. The first kappa shape index (κ1) is 13.8. The molecule has 0 saturated heterocycles. The number of esters is 1. The van der Waals surface area contributed by atoms with Crippen molar-refractivity contribution in [3.8, 4) is 0 Å². The van der Waals surface area contributed by atoms with Crippen molar-refractivity contribution in [1.29, 1.82) is 0 Å². The molecule has 19 heavy (non-hydrogen) atoms. The molecule has 0 N–H and O–H groups in total. The van der Waals surface area contributed by atoms with Crippen LogP contribution in [0.4, 0.5) is 0 Å². The molecule has 0 radical (unpaired) electrons. The van der Waals surface area contributed by atoms with Crippen LogP contribution in [0, 0.1) is 5.92 Å². The van der Waals surface area contributed by atoms with Crippen LogP contribution >= 0.6 is 0 Å². The second kappa shape index (κ2) is 6.50. The minimum Gasteiger partial charge on any atom is -0.469 e. The number of ether oxygens (including phenoxy) is 1. The molecule has 1 saturated carbocycles. The van der Waals surface area contributed by atoms with Crippen molar-refractivity contribution in [3.05, 3.63) is 35.9 Å². The molecule has 1 aliphatic carbocycles. The maximum atomic E-state index is 11.6. The van der Waals surface area contributed by atoms with Crippen LogP contribution in [0.25, 0.3) is 0 Å². The number of benzene rings is 1. The van der Waals surface area contributed by atoms with Crippen LogP contribution in [0.1, 0.15) is 43.6 Å². The first-order valence-electron chi connectivity index (χ1n) is 6.84. The van der Waals surface area contributed by atoms with Gasteiger partial charge in [0.15, 0.2) is 0 Å². The quantitative estimate of drug-likeness (QED) is 0.781. The minimum absolute atomic E-state index is 0.0953. The average Bonchev–Trinajstić information content (AvgIpc) is 2.45. The second-order valence-corrected chi connectivity index (χ2v) is 5.19. The Balaban J connectivity index is 2.18. The van der Waals surface area contributed by atoms with Crippen LogP contribution in [-0.4, -0.2) is 18.9 Å². The summed E-state index contributed by atoms with van der Waals surface area (Å²) in [5.74, 6) is 0.481. The van der Waals surface area contributed by atoms with E-state index in [-0.39, 0.29) is 17.8 Å². The fourth-order valence-electron chi connectivity index (χ4n) is 2.92. The monoisotopic (exact) mass is 260 g/mol. The van der Waals surface area contributed by atoms with Gasteiger partial charge in [-0.25, -0.2) is 0 Å². The Kier molecular flexibility index (Phi) is 4.72. The highest BCUT2D eigenvalue weighted by Gasteiger charge is 2.30. The molecular formula is C16H20O3. The van der Waals surface area contributed by atoms with E-state index in [1.165, 1.54) is 7.11 Å². The highest BCUT2D eigenvalue weighted by atomic mass is 16.5. The van der Waals surface area contributed by atoms with Crippen molar-refractivity contribution in [3.63, 3.8) is 0 Å². The van der Waals surface area contributed by atoms with Gasteiger partial charge in [-0.1, -0.05) is 30.3 Å². The van der Waals surface area contributed by atoms with Gasteiger partial charge < -0.3 is 4.74 Å². The summed E-state index contributed by atoms with van der Waals surface area (Å²) in [5.41, 5.74) is 1.13. The summed E-state index contributed by atoms with van der Waals surface area (Å²) in [6.45, 7) is 0. The first-order chi connectivity index (χ1) is 9.20. The number of methoxy groups -OCH3 is 1. The molecule has 3 heteroatoms. The Morgan fingerprint density at radius 2 is 2.11 bits per heavy atom. The summed E-state index contributed by atoms with van der Waals surface area (Å²) in [7, 11) is 1.41. The third kappa shape index (κ3) is 3.66. The number of ketones is 1. The van der Waals surface area contributed by atoms with Crippen LogP contribution in [0.2, 0.25) is 0 Å².